The molecule has 0 bridgehead atoms. The van der Waals surface area contributed by atoms with Gasteiger partial charge in [0, 0.05) is 34.6 Å². The SMILES string of the molecule is CC(=O)OC[C@H]1O[C@@H](OC(C)=O)[C@@H](OC(C)=O)C1OC(C)=O.CC(=O)O[C@@H]1O[C@H](COC(=O)c2ccccc2)C(OC(=O)c2ccccc2)[C@@H]1OC(=O)c1ccccc1. The number of hydrogen-bond acceptors (Lipinski definition) is 18. The van der Waals surface area contributed by atoms with Crippen molar-refractivity contribution in [3.8, 4) is 0 Å². The van der Waals surface area contributed by atoms with E-state index < -0.39 is 97.0 Å². The Labute approximate surface area is 337 Å². The van der Waals surface area contributed by atoms with Gasteiger partial charge >= 0.3 is 47.8 Å². The minimum atomic E-state index is -1.40. The van der Waals surface area contributed by atoms with Gasteiger partial charge in [-0.1, -0.05) is 54.6 Å². The van der Waals surface area contributed by atoms with Crippen LogP contribution in [0.1, 0.15) is 65.7 Å². The van der Waals surface area contributed by atoms with Crippen LogP contribution >= 0.6 is 0 Å². The molecule has 2 aliphatic heterocycles. The summed E-state index contributed by atoms with van der Waals surface area (Å²) in [7, 11) is 0. The third kappa shape index (κ3) is 13.8. The van der Waals surface area contributed by atoms with Gasteiger partial charge in [-0.05, 0) is 36.4 Å². The third-order valence-corrected chi connectivity index (χ3v) is 8.05. The van der Waals surface area contributed by atoms with Crippen molar-refractivity contribution in [3.05, 3.63) is 108 Å². The van der Waals surface area contributed by atoms with Crippen LogP contribution in [0.3, 0.4) is 0 Å². The lowest BCUT2D eigenvalue weighted by atomic mass is 10.1. The van der Waals surface area contributed by atoms with E-state index in [2.05, 4.69) is 0 Å². The molecule has 18 nitrogen and oxygen atoms in total. The van der Waals surface area contributed by atoms with E-state index in [1.807, 2.05) is 0 Å². The van der Waals surface area contributed by atoms with Crippen molar-refractivity contribution in [2.24, 2.45) is 0 Å². The molecule has 3 aromatic carbocycles. The zero-order chi connectivity index (χ0) is 43.1. The van der Waals surface area contributed by atoms with E-state index >= 15 is 0 Å². The van der Waals surface area contributed by atoms with Crippen LogP contribution in [-0.2, 0) is 71.3 Å². The van der Waals surface area contributed by atoms with E-state index in [4.69, 9.17) is 47.4 Å². The number of hydrogen-bond donors (Lipinski definition) is 0. The molecule has 0 amide bonds. The van der Waals surface area contributed by atoms with Gasteiger partial charge in [-0.2, -0.15) is 0 Å². The van der Waals surface area contributed by atoms with Crippen molar-refractivity contribution >= 4 is 47.8 Å². The van der Waals surface area contributed by atoms with Crippen LogP contribution in [0.15, 0.2) is 91.0 Å². The monoisotopic (exact) mass is 822 g/mol. The van der Waals surface area contributed by atoms with Gasteiger partial charge in [-0.15, -0.1) is 0 Å². The van der Waals surface area contributed by atoms with Crippen LogP contribution in [0.5, 0.6) is 0 Å². The molecule has 2 saturated heterocycles. The normalized spacial score (nSPS) is 22.9. The molecule has 59 heavy (non-hydrogen) atoms. The largest absolute Gasteiger partial charge is 0.463 e. The second-order valence-electron chi connectivity index (χ2n) is 12.7. The minimum absolute atomic E-state index is 0.233. The molecule has 8 atom stereocenters. The van der Waals surface area contributed by atoms with Gasteiger partial charge < -0.3 is 47.4 Å². The molecule has 0 aliphatic carbocycles. The maximum absolute atomic E-state index is 12.9. The lowest BCUT2D eigenvalue weighted by Gasteiger charge is -2.24. The summed E-state index contributed by atoms with van der Waals surface area (Å²) in [6.07, 6.45) is -9.49. The number of benzene rings is 3. The maximum Gasteiger partial charge on any atom is 0.338 e. The molecule has 0 N–H and O–H groups in total. The van der Waals surface area contributed by atoms with Gasteiger partial charge in [-0.25, -0.2) is 14.4 Å². The van der Waals surface area contributed by atoms with E-state index in [1.54, 1.807) is 91.0 Å². The van der Waals surface area contributed by atoms with Crippen LogP contribution in [-0.4, -0.2) is 110 Å². The first-order valence-corrected chi connectivity index (χ1v) is 18.0. The fourth-order valence-electron chi connectivity index (χ4n) is 5.63. The first-order valence-electron chi connectivity index (χ1n) is 18.0. The van der Waals surface area contributed by atoms with E-state index in [9.17, 15) is 38.4 Å². The van der Waals surface area contributed by atoms with Crippen LogP contribution in [0, 0.1) is 0 Å². The fourth-order valence-corrected chi connectivity index (χ4v) is 5.63. The van der Waals surface area contributed by atoms with Crippen molar-refractivity contribution < 1.29 is 85.7 Å². The van der Waals surface area contributed by atoms with Crippen molar-refractivity contribution in [1.82, 2.24) is 0 Å². The van der Waals surface area contributed by atoms with Crippen molar-refractivity contribution in [2.75, 3.05) is 13.2 Å². The van der Waals surface area contributed by atoms with Gasteiger partial charge in [0.05, 0.1) is 16.7 Å². The van der Waals surface area contributed by atoms with E-state index in [0.717, 1.165) is 27.7 Å². The zero-order valence-corrected chi connectivity index (χ0v) is 32.5. The highest BCUT2D eigenvalue weighted by atomic mass is 16.8. The number of ether oxygens (including phenoxy) is 10. The summed E-state index contributed by atoms with van der Waals surface area (Å²) in [5.41, 5.74) is 0.782. The van der Waals surface area contributed by atoms with Crippen LogP contribution in [0.25, 0.3) is 0 Å². The Balaban J connectivity index is 0.000000299. The second kappa shape index (κ2) is 21.8. The number of esters is 8. The predicted molar refractivity (Wildman–Crippen MR) is 197 cm³/mol. The molecule has 0 radical (unpaired) electrons. The third-order valence-electron chi connectivity index (χ3n) is 8.05. The molecular formula is C41H42O18. The average Bonchev–Trinajstić information content (AvgIpc) is 3.67. The molecule has 2 fully saturated rings. The van der Waals surface area contributed by atoms with Gasteiger partial charge in [0.1, 0.15) is 25.4 Å². The second-order valence-corrected chi connectivity index (χ2v) is 12.7. The molecule has 3 aromatic rings. The van der Waals surface area contributed by atoms with Crippen LogP contribution in [0.2, 0.25) is 0 Å². The lowest BCUT2D eigenvalue weighted by molar-refractivity contribution is -0.197. The molecule has 5 rings (SSSR count). The quantitative estimate of drug-likeness (QED) is 0.178. The Morgan fingerprint density at radius 3 is 1.10 bits per heavy atom. The van der Waals surface area contributed by atoms with Crippen molar-refractivity contribution in [3.63, 3.8) is 0 Å². The number of rotatable bonds is 13. The molecule has 0 aromatic heterocycles. The summed E-state index contributed by atoms with van der Waals surface area (Å²) in [5.74, 6) is -5.36. The molecule has 2 heterocycles. The molecule has 0 spiro atoms. The predicted octanol–water partition coefficient (Wildman–Crippen LogP) is 3.28. The average molecular weight is 823 g/mol. The topological polar surface area (TPSA) is 229 Å². The van der Waals surface area contributed by atoms with Gasteiger partial charge in [-0.3, -0.25) is 24.0 Å². The Morgan fingerprint density at radius 1 is 0.390 bits per heavy atom. The Bertz CT molecular complexity index is 1930. The Kier molecular flexibility index (Phi) is 16.6. The summed E-state index contributed by atoms with van der Waals surface area (Å²) in [6.45, 7) is 5.20. The smallest absolute Gasteiger partial charge is 0.338 e. The first-order chi connectivity index (χ1) is 28.1. The molecule has 2 aliphatic rings. The van der Waals surface area contributed by atoms with Crippen molar-refractivity contribution in [2.45, 2.75) is 83.8 Å². The molecule has 18 heteroatoms. The fraction of sp³-hybridized carbons (Fsp3) is 0.366. The van der Waals surface area contributed by atoms with E-state index in [0.29, 0.717) is 5.56 Å². The van der Waals surface area contributed by atoms with Gasteiger partial charge in [0.2, 0.25) is 24.8 Å². The lowest BCUT2D eigenvalue weighted by Crippen LogP contribution is -2.42. The summed E-state index contributed by atoms with van der Waals surface area (Å²) >= 11 is 0. The minimum Gasteiger partial charge on any atom is -0.463 e. The molecular weight excluding hydrogens is 780 g/mol. The highest BCUT2D eigenvalue weighted by Gasteiger charge is 2.53. The highest BCUT2D eigenvalue weighted by molar-refractivity contribution is 5.91. The number of carbonyl (C=O) groups is 8. The summed E-state index contributed by atoms with van der Waals surface area (Å²) in [4.78, 5) is 94.4. The summed E-state index contributed by atoms with van der Waals surface area (Å²) in [5, 5.41) is 0. The van der Waals surface area contributed by atoms with Crippen molar-refractivity contribution in [1.29, 1.82) is 0 Å². The van der Waals surface area contributed by atoms with Gasteiger partial charge in [0.15, 0.2) is 12.2 Å². The van der Waals surface area contributed by atoms with E-state index in [-0.39, 0.29) is 24.3 Å². The van der Waals surface area contributed by atoms with Crippen LogP contribution in [0.4, 0.5) is 0 Å². The van der Waals surface area contributed by atoms with E-state index in [1.165, 1.54) is 6.92 Å². The Hall–Kier alpha value is -6.66. The zero-order valence-electron chi connectivity index (χ0n) is 32.5. The number of carbonyl (C=O) groups excluding carboxylic acids is 8. The summed E-state index contributed by atoms with van der Waals surface area (Å²) < 4.78 is 52.9. The first kappa shape index (κ1) is 45.0. The molecule has 2 unspecified atom stereocenters. The highest BCUT2D eigenvalue weighted by Crippen LogP contribution is 2.31. The standard InChI is InChI=1S/C28H24O9.C13H18O9/c1-18(29)34-28-24(37-27(32)21-15-9-4-10-16-21)23(36-26(31)20-13-7-3-8-14-20)22(35-28)17-33-25(30)19-11-5-2-6-12-19;1-6(14)18-5-10-11(19-7(2)15)12(20-8(3)16)13(22-10)21-9(4)17/h2-16,22-24,28H,17H2,1H3;10-13H,5H2,1-4H3/t22-,23?,24+,28-;10-,11?,12+,13-/m11/s1. The Morgan fingerprint density at radius 2 is 0.712 bits per heavy atom. The molecule has 0 saturated carbocycles. The molecule has 314 valence electrons. The summed E-state index contributed by atoms with van der Waals surface area (Å²) in [6, 6.07) is 24.6. The van der Waals surface area contributed by atoms with Crippen LogP contribution < -0.4 is 0 Å². The maximum atomic E-state index is 12.9. The van der Waals surface area contributed by atoms with Gasteiger partial charge in [0.25, 0.3) is 0 Å².